The lowest BCUT2D eigenvalue weighted by molar-refractivity contribution is 0.426. The quantitative estimate of drug-likeness (QED) is 0.810. The number of aryl methyl sites for hydroxylation is 1. The number of nitrogens with zero attached hydrogens (tertiary/aromatic N) is 1. The molecule has 0 amide bonds. The molecule has 4 heteroatoms. The van der Waals surface area contributed by atoms with Crippen LogP contribution in [-0.2, 0) is 13.0 Å². The van der Waals surface area contributed by atoms with E-state index in [4.69, 9.17) is 10.0 Å². The molecule has 0 aliphatic rings. The Morgan fingerprint density at radius 2 is 1.45 bits per heavy atom. The molecule has 0 aromatic heterocycles. The Labute approximate surface area is 120 Å². The number of anilines is 1. The summed E-state index contributed by atoms with van der Waals surface area (Å²) in [6.07, 6.45) is 1.05. The van der Waals surface area contributed by atoms with E-state index in [1.54, 1.807) is 12.1 Å². The fourth-order valence-corrected chi connectivity index (χ4v) is 2.15. The summed E-state index contributed by atoms with van der Waals surface area (Å²) >= 11 is 0. The maximum absolute atomic E-state index is 9.07. The van der Waals surface area contributed by atoms with E-state index in [9.17, 15) is 0 Å². The average Bonchev–Trinajstić information content (AvgIpc) is 2.48. The molecule has 0 radical (unpaired) electrons. The van der Waals surface area contributed by atoms with Crippen LogP contribution in [0.5, 0.6) is 0 Å². The van der Waals surface area contributed by atoms with Gasteiger partial charge in [0.05, 0.1) is 0 Å². The van der Waals surface area contributed by atoms with Crippen LogP contribution in [0.25, 0.3) is 0 Å². The summed E-state index contributed by atoms with van der Waals surface area (Å²) in [4.78, 5) is 2.17. The largest absolute Gasteiger partial charge is 0.488 e. The fourth-order valence-electron chi connectivity index (χ4n) is 2.15. The highest BCUT2D eigenvalue weighted by Gasteiger charge is 2.10. The molecule has 0 unspecified atom stereocenters. The molecule has 0 heterocycles. The van der Waals surface area contributed by atoms with Gasteiger partial charge in [0, 0.05) is 19.3 Å². The summed E-state index contributed by atoms with van der Waals surface area (Å²) in [5, 5.41) is 18.1. The molecule has 0 saturated heterocycles. The molecule has 0 bridgehead atoms. The highest BCUT2D eigenvalue weighted by Crippen LogP contribution is 2.16. The van der Waals surface area contributed by atoms with Crippen LogP contribution in [-0.4, -0.2) is 24.2 Å². The zero-order valence-electron chi connectivity index (χ0n) is 12.0. The maximum atomic E-state index is 9.07. The molecule has 3 nitrogen and oxygen atoms in total. The molecule has 0 atom stereocenters. The molecule has 0 fully saturated rings. The second kappa shape index (κ2) is 6.59. The molecular formula is C16H20BNO2. The minimum absolute atomic E-state index is 0.517. The van der Waals surface area contributed by atoms with E-state index in [0.29, 0.717) is 5.46 Å². The van der Waals surface area contributed by atoms with Gasteiger partial charge in [-0.3, -0.25) is 0 Å². The van der Waals surface area contributed by atoms with Gasteiger partial charge in [-0.25, -0.2) is 0 Å². The van der Waals surface area contributed by atoms with Gasteiger partial charge < -0.3 is 14.9 Å². The first kappa shape index (κ1) is 14.6. The van der Waals surface area contributed by atoms with Crippen LogP contribution in [0.4, 0.5) is 5.69 Å². The van der Waals surface area contributed by atoms with E-state index in [2.05, 4.69) is 43.1 Å². The van der Waals surface area contributed by atoms with Crippen molar-refractivity contribution < 1.29 is 10.0 Å². The zero-order valence-corrected chi connectivity index (χ0v) is 12.0. The van der Waals surface area contributed by atoms with Crippen molar-refractivity contribution in [2.75, 3.05) is 11.9 Å². The van der Waals surface area contributed by atoms with Crippen LogP contribution in [0, 0.1) is 0 Å². The maximum Gasteiger partial charge on any atom is 0.488 e. The van der Waals surface area contributed by atoms with Crippen LogP contribution in [0.15, 0.2) is 48.5 Å². The molecule has 0 saturated carbocycles. The third-order valence-electron chi connectivity index (χ3n) is 3.48. The van der Waals surface area contributed by atoms with Crippen LogP contribution < -0.4 is 10.4 Å². The lowest BCUT2D eigenvalue weighted by Gasteiger charge is -2.20. The first-order chi connectivity index (χ1) is 9.60. The lowest BCUT2D eigenvalue weighted by Crippen LogP contribution is -2.29. The van der Waals surface area contributed by atoms with E-state index < -0.39 is 7.12 Å². The van der Waals surface area contributed by atoms with E-state index in [0.717, 1.165) is 18.5 Å². The first-order valence-electron chi connectivity index (χ1n) is 6.85. The Kier molecular flexibility index (Phi) is 4.82. The van der Waals surface area contributed by atoms with Crippen molar-refractivity contribution in [2.45, 2.75) is 19.9 Å². The second-order valence-electron chi connectivity index (χ2n) is 4.99. The Bertz CT molecular complexity index is 537. The Morgan fingerprint density at radius 3 is 1.95 bits per heavy atom. The molecule has 0 aliphatic heterocycles. The van der Waals surface area contributed by atoms with Gasteiger partial charge in [0.1, 0.15) is 0 Å². The number of hydrogen-bond acceptors (Lipinski definition) is 3. The van der Waals surface area contributed by atoms with Gasteiger partial charge in [-0.2, -0.15) is 0 Å². The van der Waals surface area contributed by atoms with Gasteiger partial charge >= 0.3 is 7.12 Å². The smallest absolute Gasteiger partial charge is 0.423 e. The van der Waals surface area contributed by atoms with Crippen molar-refractivity contribution in [2.24, 2.45) is 0 Å². The minimum Gasteiger partial charge on any atom is -0.423 e. The molecule has 2 aromatic carbocycles. The number of hydrogen-bond donors (Lipinski definition) is 2. The number of benzene rings is 2. The summed E-state index contributed by atoms with van der Waals surface area (Å²) in [5.74, 6) is 0. The fraction of sp³-hybridized carbons (Fsp3) is 0.250. The number of rotatable bonds is 5. The van der Waals surface area contributed by atoms with Crippen molar-refractivity contribution in [3.63, 3.8) is 0 Å². The van der Waals surface area contributed by atoms with Gasteiger partial charge in [-0.15, -0.1) is 0 Å². The molecule has 0 spiro atoms. The van der Waals surface area contributed by atoms with Crippen LogP contribution >= 0.6 is 0 Å². The second-order valence-corrected chi connectivity index (χ2v) is 4.99. The minimum atomic E-state index is -1.40. The first-order valence-corrected chi connectivity index (χ1v) is 6.85. The van der Waals surface area contributed by atoms with Gasteiger partial charge in [-0.05, 0) is 35.1 Å². The van der Waals surface area contributed by atoms with Crippen LogP contribution in [0.3, 0.4) is 0 Å². The van der Waals surface area contributed by atoms with E-state index in [-0.39, 0.29) is 0 Å². The van der Waals surface area contributed by atoms with Crippen LogP contribution in [0.1, 0.15) is 18.1 Å². The lowest BCUT2D eigenvalue weighted by atomic mass is 9.80. The van der Waals surface area contributed by atoms with Crippen LogP contribution in [0.2, 0.25) is 0 Å². The Hall–Kier alpha value is -1.78. The standard InChI is InChI=1S/C16H20BNO2/c1-3-13-6-10-16(11-7-13)18(2)12-14-4-8-15(9-5-14)17(19)20/h4-11,19-20H,3,12H2,1-2H3. The summed E-state index contributed by atoms with van der Waals surface area (Å²) in [6.45, 7) is 2.93. The molecule has 2 N–H and O–H groups in total. The van der Waals surface area contributed by atoms with Crippen molar-refractivity contribution in [1.82, 2.24) is 0 Å². The molecule has 20 heavy (non-hydrogen) atoms. The predicted molar refractivity (Wildman–Crippen MR) is 84.2 cm³/mol. The summed E-state index contributed by atoms with van der Waals surface area (Å²) in [7, 11) is 0.652. The highest BCUT2D eigenvalue weighted by molar-refractivity contribution is 6.58. The topological polar surface area (TPSA) is 43.7 Å². The van der Waals surface area contributed by atoms with Crippen molar-refractivity contribution >= 4 is 18.3 Å². The van der Waals surface area contributed by atoms with E-state index in [1.807, 2.05) is 12.1 Å². The predicted octanol–water partition coefficient (Wildman–Crippen LogP) is 1.57. The molecule has 2 rings (SSSR count). The van der Waals surface area contributed by atoms with Crippen molar-refractivity contribution in [1.29, 1.82) is 0 Å². The third kappa shape index (κ3) is 3.62. The third-order valence-corrected chi connectivity index (χ3v) is 3.48. The molecule has 2 aromatic rings. The zero-order chi connectivity index (χ0) is 14.5. The van der Waals surface area contributed by atoms with Gasteiger partial charge in [-0.1, -0.05) is 43.3 Å². The van der Waals surface area contributed by atoms with E-state index >= 15 is 0 Å². The Morgan fingerprint density at radius 1 is 0.900 bits per heavy atom. The Balaban J connectivity index is 2.04. The monoisotopic (exact) mass is 269 g/mol. The average molecular weight is 269 g/mol. The SMILES string of the molecule is CCc1ccc(N(C)Cc2ccc(B(O)O)cc2)cc1. The van der Waals surface area contributed by atoms with Crippen molar-refractivity contribution in [3.8, 4) is 0 Å². The van der Waals surface area contributed by atoms with Gasteiger partial charge in [0.15, 0.2) is 0 Å². The van der Waals surface area contributed by atoms with Gasteiger partial charge in [0.25, 0.3) is 0 Å². The summed E-state index contributed by atoms with van der Waals surface area (Å²) < 4.78 is 0. The highest BCUT2D eigenvalue weighted by atomic mass is 16.4. The van der Waals surface area contributed by atoms with Gasteiger partial charge in [0.2, 0.25) is 0 Å². The molecule has 0 aliphatic carbocycles. The molecular weight excluding hydrogens is 249 g/mol. The molecule has 104 valence electrons. The van der Waals surface area contributed by atoms with Crippen molar-refractivity contribution in [3.05, 3.63) is 59.7 Å². The van der Waals surface area contributed by atoms with E-state index in [1.165, 1.54) is 11.3 Å². The summed E-state index contributed by atoms with van der Waals surface area (Å²) in [5.41, 5.74) is 4.16. The summed E-state index contributed by atoms with van der Waals surface area (Å²) in [6, 6.07) is 15.9. The normalized spacial score (nSPS) is 10.4.